The maximum Gasteiger partial charge on any atom is 0.414 e. The van der Waals surface area contributed by atoms with Crippen LogP contribution in [0.5, 0.6) is 5.75 Å². The maximum atomic E-state index is 11.5. The molecule has 2 N–H and O–H groups in total. The topological polar surface area (TPSA) is 113 Å². The third-order valence-electron chi connectivity index (χ3n) is 2.99. The van der Waals surface area contributed by atoms with E-state index < -0.39 is 22.0 Å². The molecule has 1 aliphatic heterocycles. The molecule has 0 amide bonds. The number of para-hydroxylation sites is 1. The smallest absolute Gasteiger partial charge is 0.414 e. The number of quaternary nitrogens is 1. The fourth-order valence-electron chi connectivity index (χ4n) is 1.99. The van der Waals surface area contributed by atoms with Gasteiger partial charge in [-0.15, -0.1) is 0 Å². The summed E-state index contributed by atoms with van der Waals surface area (Å²) in [7, 11) is 0. The maximum absolute atomic E-state index is 11.5. The van der Waals surface area contributed by atoms with Crippen LogP contribution in [0.1, 0.15) is 12.8 Å². The van der Waals surface area contributed by atoms with E-state index in [0.717, 1.165) is 0 Å². The second-order valence-corrected chi connectivity index (χ2v) is 4.39. The minimum Gasteiger partial charge on any atom is -0.867 e. The van der Waals surface area contributed by atoms with Gasteiger partial charge in [0.25, 0.3) is 0 Å². The Morgan fingerprint density at radius 1 is 1.20 bits per heavy atom. The van der Waals surface area contributed by atoms with Gasteiger partial charge in [0.2, 0.25) is 0 Å². The fraction of sp³-hybridized carbons (Fsp3) is 0.308. The second-order valence-electron chi connectivity index (χ2n) is 4.39. The molecule has 1 aromatic heterocycles. The number of hydrogen-bond donors (Lipinski definition) is 1. The SMILES string of the molecule is C1CC[NH2+]C1.O=c1oc2ccccc2c([O-])c1[N+](=O)[O-]. The molecule has 2 aromatic rings. The van der Waals surface area contributed by atoms with Crippen molar-refractivity contribution >= 4 is 16.7 Å². The van der Waals surface area contributed by atoms with Gasteiger partial charge in [-0.2, -0.15) is 0 Å². The summed E-state index contributed by atoms with van der Waals surface area (Å²) in [5, 5.41) is 24.3. The Kier molecular flexibility index (Phi) is 4.31. The lowest BCUT2D eigenvalue weighted by Gasteiger charge is -2.07. The number of rotatable bonds is 1. The van der Waals surface area contributed by atoms with Crippen LogP contribution >= 0.6 is 0 Å². The average Bonchev–Trinajstić information content (AvgIpc) is 2.97. The largest absolute Gasteiger partial charge is 0.867 e. The molecule has 0 radical (unpaired) electrons. The van der Waals surface area contributed by atoms with Crippen molar-refractivity contribution < 1.29 is 19.8 Å². The van der Waals surface area contributed by atoms with Crippen molar-refractivity contribution in [1.29, 1.82) is 0 Å². The highest BCUT2D eigenvalue weighted by molar-refractivity contribution is 5.85. The van der Waals surface area contributed by atoms with E-state index in [2.05, 4.69) is 9.73 Å². The van der Waals surface area contributed by atoms with Crippen LogP contribution in [0, 0.1) is 10.1 Å². The number of nitro groups is 1. The standard InChI is InChI=1S/C9H5NO5.C4H9N/c11-8-5-3-1-2-4-6(5)15-9(12)7(8)10(13)14;1-2-4-5-3-1/h1-4,11H;5H,1-4H2. The molecule has 0 saturated carbocycles. The van der Waals surface area contributed by atoms with Crippen LogP contribution in [-0.4, -0.2) is 18.0 Å². The zero-order chi connectivity index (χ0) is 14.5. The number of fused-ring (bicyclic) bond motifs is 1. The summed E-state index contributed by atoms with van der Waals surface area (Å²) >= 11 is 0. The van der Waals surface area contributed by atoms with Crippen molar-refractivity contribution in [3.63, 3.8) is 0 Å². The minimum atomic E-state index is -1.22. The van der Waals surface area contributed by atoms with E-state index in [9.17, 15) is 20.0 Å². The quantitative estimate of drug-likeness (QED) is 0.452. The Morgan fingerprint density at radius 3 is 2.40 bits per heavy atom. The number of benzene rings is 1. The van der Waals surface area contributed by atoms with Crippen molar-refractivity contribution in [1.82, 2.24) is 0 Å². The highest BCUT2D eigenvalue weighted by Gasteiger charge is 2.17. The monoisotopic (exact) mass is 278 g/mol. The van der Waals surface area contributed by atoms with Crippen LogP contribution in [-0.2, 0) is 0 Å². The Balaban J connectivity index is 0.000000247. The fourth-order valence-corrected chi connectivity index (χ4v) is 1.99. The molecule has 1 fully saturated rings. The van der Waals surface area contributed by atoms with Crippen molar-refractivity contribution in [3.05, 3.63) is 44.8 Å². The van der Waals surface area contributed by atoms with Gasteiger partial charge >= 0.3 is 11.3 Å². The van der Waals surface area contributed by atoms with E-state index >= 15 is 0 Å². The van der Waals surface area contributed by atoms with Gasteiger partial charge in [-0.25, -0.2) is 4.79 Å². The van der Waals surface area contributed by atoms with Crippen molar-refractivity contribution in [2.75, 3.05) is 13.1 Å². The Labute approximate surface area is 114 Å². The molecular formula is C13H14N2O5. The number of nitrogens with zero attached hydrogens (tertiary/aromatic N) is 1. The zero-order valence-electron chi connectivity index (χ0n) is 10.7. The van der Waals surface area contributed by atoms with Gasteiger partial charge in [-0.3, -0.25) is 10.1 Å². The molecule has 2 heterocycles. The molecule has 20 heavy (non-hydrogen) atoms. The van der Waals surface area contributed by atoms with Crippen molar-refractivity contribution in [2.24, 2.45) is 0 Å². The zero-order valence-corrected chi connectivity index (χ0v) is 10.7. The van der Waals surface area contributed by atoms with Gasteiger partial charge in [-0.05, 0) is 11.8 Å². The first-order chi connectivity index (χ1) is 9.61. The lowest BCUT2D eigenvalue weighted by atomic mass is 10.2. The molecule has 0 bridgehead atoms. The molecule has 1 aromatic carbocycles. The third-order valence-corrected chi connectivity index (χ3v) is 2.99. The van der Waals surface area contributed by atoms with Crippen LogP contribution < -0.4 is 16.0 Å². The Bertz CT molecular complexity index is 668. The summed E-state index contributed by atoms with van der Waals surface area (Å²) in [6.07, 6.45) is 2.89. The Hall–Kier alpha value is -2.41. The van der Waals surface area contributed by atoms with E-state index in [-0.39, 0.29) is 11.0 Å². The van der Waals surface area contributed by atoms with Gasteiger partial charge in [-0.1, -0.05) is 18.2 Å². The molecule has 0 aliphatic carbocycles. The van der Waals surface area contributed by atoms with Gasteiger partial charge in [0.05, 0.1) is 18.0 Å². The van der Waals surface area contributed by atoms with Gasteiger partial charge in [0, 0.05) is 18.2 Å². The first-order valence-electron chi connectivity index (χ1n) is 6.30. The lowest BCUT2D eigenvalue weighted by Crippen LogP contribution is -2.80. The molecular weight excluding hydrogens is 264 g/mol. The summed E-state index contributed by atoms with van der Waals surface area (Å²) in [6.45, 7) is 2.75. The molecule has 0 unspecified atom stereocenters. The van der Waals surface area contributed by atoms with E-state index in [4.69, 9.17) is 0 Å². The molecule has 1 saturated heterocycles. The lowest BCUT2D eigenvalue weighted by molar-refractivity contribution is -0.635. The molecule has 1 aliphatic rings. The first-order valence-corrected chi connectivity index (χ1v) is 6.30. The van der Waals surface area contributed by atoms with Crippen LogP contribution in [0.15, 0.2) is 33.5 Å². The molecule has 0 spiro atoms. The van der Waals surface area contributed by atoms with E-state index in [1.165, 1.54) is 44.1 Å². The van der Waals surface area contributed by atoms with E-state index in [1.54, 1.807) is 6.07 Å². The van der Waals surface area contributed by atoms with Crippen LogP contribution in [0.2, 0.25) is 0 Å². The highest BCUT2D eigenvalue weighted by Crippen LogP contribution is 2.27. The summed E-state index contributed by atoms with van der Waals surface area (Å²) < 4.78 is 4.64. The van der Waals surface area contributed by atoms with Gasteiger partial charge < -0.3 is 14.8 Å². The predicted molar refractivity (Wildman–Crippen MR) is 69.5 cm³/mol. The summed E-state index contributed by atoms with van der Waals surface area (Å²) in [6, 6.07) is 5.87. The van der Waals surface area contributed by atoms with Crippen LogP contribution in [0.25, 0.3) is 11.0 Å². The van der Waals surface area contributed by atoms with E-state index in [0.29, 0.717) is 0 Å². The molecule has 0 atom stereocenters. The van der Waals surface area contributed by atoms with E-state index in [1.807, 2.05) is 0 Å². The number of hydrogen-bond acceptors (Lipinski definition) is 5. The van der Waals surface area contributed by atoms with Crippen LogP contribution in [0.3, 0.4) is 0 Å². The molecule has 7 heteroatoms. The summed E-state index contributed by atoms with van der Waals surface area (Å²) in [5.41, 5.74) is -2.21. The number of nitrogens with two attached hydrogens (primary N) is 1. The molecule has 7 nitrogen and oxygen atoms in total. The van der Waals surface area contributed by atoms with Crippen LogP contribution in [0.4, 0.5) is 5.69 Å². The minimum absolute atomic E-state index is 0.0313. The van der Waals surface area contributed by atoms with Gasteiger partial charge in [0.15, 0.2) is 0 Å². The van der Waals surface area contributed by atoms with Crippen molar-refractivity contribution in [3.8, 4) is 5.75 Å². The van der Waals surface area contributed by atoms with Gasteiger partial charge in [0.1, 0.15) is 5.58 Å². The second kappa shape index (κ2) is 6.16. The summed E-state index contributed by atoms with van der Waals surface area (Å²) in [5.74, 6) is -0.910. The molecule has 106 valence electrons. The third kappa shape index (κ3) is 2.94. The molecule has 3 rings (SSSR count). The first kappa shape index (κ1) is 14.0. The predicted octanol–water partition coefficient (Wildman–Crippen LogP) is 0.118. The van der Waals surface area contributed by atoms with Crippen molar-refractivity contribution in [2.45, 2.75) is 12.8 Å². The Morgan fingerprint density at radius 2 is 1.85 bits per heavy atom. The average molecular weight is 278 g/mol. The summed E-state index contributed by atoms with van der Waals surface area (Å²) in [4.78, 5) is 20.5. The highest BCUT2D eigenvalue weighted by atomic mass is 16.6. The normalized spacial score (nSPS) is 13.8.